The Labute approximate surface area is 262 Å². The van der Waals surface area contributed by atoms with Gasteiger partial charge in [0.1, 0.15) is 24.3 Å². The van der Waals surface area contributed by atoms with Gasteiger partial charge in [-0.2, -0.15) is 0 Å². The van der Waals surface area contributed by atoms with Crippen molar-refractivity contribution < 1.29 is 18.6 Å². The smallest absolute Gasteiger partial charge is 0.261 e. The summed E-state index contributed by atoms with van der Waals surface area (Å²) in [6.07, 6.45) is 4.65. The van der Waals surface area contributed by atoms with Crippen LogP contribution in [-0.2, 0) is 18.6 Å². The molecule has 2 aromatic carbocycles. The molecule has 0 aliphatic carbocycles. The third kappa shape index (κ3) is 6.64. The highest BCUT2D eigenvalue weighted by Crippen LogP contribution is 2.39. The lowest BCUT2D eigenvalue weighted by atomic mass is 10.2. The van der Waals surface area contributed by atoms with Crippen LogP contribution in [0.25, 0.3) is 11.0 Å². The molecule has 0 saturated carbocycles. The summed E-state index contributed by atoms with van der Waals surface area (Å²) in [6.45, 7) is 11.7. The number of aromatic nitrogens is 3. The Balaban J connectivity index is 1.48. The predicted octanol–water partition coefficient (Wildman–Crippen LogP) is 5.28. The second-order valence-corrected chi connectivity index (χ2v) is 16.7. The molecule has 1 fully saturated rings. The van der Waals surface area contributed by atoms with Crippen LogP contribution in [0.2, 0.25) is 5.04 Å². The van der Waals surface area contributed by atoms with Crippen molar-refractivity contribution >= 4 is 41.9 Å². The molecule has 3 heterocycles. The fraction of sp³-hybridized carbons (Fsp3) is 0.441. The van der Waals surface area contributed by atoms with Gasteiger partial charge >= 0.3 is 0 Å². The molecule has 0 N–H and O–H groups in total. The number of ether oxygens (including phenoxy) is 3. The SMILES string of the molecule is CCOC(C)OC1C[C@H](n2ccc3c(N=CN(C)C)ncnc32)O[C@@H]1CO[Si](c1ccccc1)(c1ccccc1)C(C)(C)C. The van der Waals surface area contributed by atoms with Gasteiger partial charge in [0, 0.05) is 33.3 Å². The first-order chi connectivity index (χ1) is 21.1. The zero-order valence-electron chi connectivity index (χ0n) is 26.9. The van der Waals surface area contributed by atoms with E-state index in [1.54, 1.807) is 12.7 Å². The van der Waals surface area contributed by atoms with Crippen molar-refractivity contribution in [2.45, 2.75) is 70.8 Å². The zero-order valence-corrected chi connectivity index (χ0v) is 27.9. The van der Waals surface area contributed by atoms with Crippen LogP contribution in [0.3, 0.4) is 0 Å². The Morgan fingerprint density at radius 2 is 1.70 bits per heavy atom. The van der Waals surface area contributed by atoms with E-state index in [1.165, 1.54) is 10.4 Å². The maximum atomic E-state index is 7.28. The van der Waals surface area contributed by atoms with Gasteiger partial charge in [-0.25, -0.2) is 15.0 Å². The normalized spacial score (nSPS) is 20.0. The molecular formula is C34H45N5O4Si. The number of hydrogen-bond acceptors (Lipinski definition) is 7. The predicted molar refractivity (Wildman–Crippen MR) is 177 cm³/mol. The fourth-order valence-electron chi connectivity index (χ4n) is 6.12. The van der Waals surface area contributed by atoms with E-state index in [1.807, 2.05) is 45.1 Å². The van der Waals surface area contributed by atoms with Crippen molar-refractivity contribution in [2.75, 3.05) is 27.3 Å². The molecule has 234 valence electrons. The average Bonchev–Trinajstić information content (AvgIpc) is 3.61. The molecule has 0 amide bonds. The molecule has 0 bridgehead atoms. The maximum Gasteiger partial charge on any atom is 0.261 e. The van der Waals surface area contributed by atoms with E-state index >= 15 is 0 Å². The van der Waals surface area contributed by atoms with Gasteiger partial charge in [-0.05, 0) is 35.3 Å². The molecular weight excluding hydrogens is 570 g/mol. The van der Waals surface area contributed by atoms with Crippen LogP contribution in [-0.4, -0.2) is 79.9 Å². The number of aliphatic imine (C=N–C) groups is 1. The van der Waals surface area contributed by atoms with Crippen molar-refractivity contribution in [2.24, 2.45) is 4.99 Å². The van der Waals surface area contributed by atoms with Crippen molar-refractivity contribution in [3.8, 4) is 0 Å². The summed E-state index contributed by atoms with van der Waals surface area (Å²) < 4.78 is 28.4. The minimum Gasteiger partial charge on any atom is -0.405 e. The Hall–Kier alpha value is -3.41. The lowest BCUT2D eigenvalue weighted by Gasteiger charge is -2.43. The van der Waals surface area contributed by atoms with Gasteiger partial charge in [-0.1, -0.05) is 81.4 Å². The van der Waals surface area contributed by atoms with Crippen molar-refractivity contribution in [1.29, 1.82) is 0 Å². The lowest BCUT2D eigenvalue weighted by molar-refractivity contribution is -0.172. The number of rotatable bonds is 12. The minimum absolute atomic E-state index is 0.153. The van der Waals surface area contributed by atoms with Crippen molar-refractivity contribution in [3.05, 3.63) is 79.3 Å². The fourth-order valence-corrected chi connectivity index (χ4v) is 10.7. The van der Waals surface area contributed by atoms with E-state index in [9.17, 15) is 0 Å². The van der Waals surface area contributed by atoms with Crippen LogP contribution >= 0.6 is 0 Å². The highest BCUT2D eigenvalue weighted by Gasteiger charge is 2.51. The molecule has 4 atom stereocenters. The Morgan fingerprint density at radius 3 is 2.30 bits per heavy atom. The molecule has 44 heavy (non-hydrogen) atoms. The van der Waals surface area contributed by atoms with E-state index < -0.39 is 8.32 Å². The summed E-state index contributed by atoms with van der Waals surface area (Å²) >= 11 is 0. The first kappa shape index (κ1) is 32.0. The van der Waals surface area contributed by atoms with E-state index in [2.05, 4.69) is 101 Å². The molecule has 5 rings (SSSR count). The summed E-state index contributed by atoms with van der Waals surface area (Å²) in [5, 5.41) is 3.17. The monoisotopic (exact) mass is 615 g/mol. The summed E-state index contributed by atoms with van der Waals surface area (Å²) in [5.74, 6) is 0.616. The minimum atomic E-state index is -2.77. The van der Waals surface area contributed by atoms with Gasteiger partial charge in [0.05, 0.1) is 24.4 Å². The molecule has 1 aliphatic heterocycles. The molecule has 1 saturated heterocycles. The van der Waals surface area contributed by atoms with Crippen LogP contribution in [0.4, 0.5) is 5.82 Å². The highest BCUT2D eigenvalue weighted by atomic mass is 28.4. The van der Waals surface area contributed by atoms with Gasteiger partial charge < -0.3 is 28.1 Å². The van der Waals surface area contributed by atoms with Crippen LogP contribution in [0, 0.1) is 0 Å². The van der Waals surface area contributed by atoms with Gasteiger partial charge in [0.2, 0.25) is 0 Å². The molecule has 10 heteroatoms. The third-order valence-electron chi connectivity index (χ3n) is 8.04. The third-order valence-corrected chi connectivity index (χ3v) is 13.0. The molecule has 2 unspecified atom stereocenters. The molecule has 4 aromatic rings. The first-order valence-corrected chi connectivity index (χ1v) is 17.2. The van der Waals surface area contributed by atoms with Crippen molar-refractivity contribution in [3.63, 3.8) is 0 Å². The number of fused-ring (bicyclic) bond motifs is 1. The first-order valence-electron chi connectivity index (χ1n) is 15.3. The van der Waals surface area contributed by atoms with Crippen molar-refractivity contribution in [1.82, 2.24) is 19.4 Å². The van der Waals surface area contributed by atoms with E-state index in [0.29, 0.717) is 25.5 Å². The van der Waals surface area contributed by atoms with E-state index in [0.717, 1.165) is 11.0 Å². The van der Waals surface area contributed by atoms with Gasteiger partial charge in [0.15, 0.2) is 12.1 Å². The summed E-state index contributed by atoms with van der Waals surface area (Å²) in [6, 6.07) is 23.3. The topological polar surface area (TPSA) is 83.2 Å². The Kier molecular flexibility index (Phi) is 9.96. The van der Waals surface area contributed by atoms with Crippen LogP contribution in [0.5, 0.6) is 0 Å². The second-order valence-electron chi connectivity index (χ2n) is 12.4. The largest absolute Gasteiger partial charge is 0.405 e. The zero-order chi connectivity index (χ0) is 31.3. The van der Waals surface area contributed by atoms with Crippen LogP contribution in [0.1, 0.15) is 47.3 Å². The van der Waals surface area contributed by atoms with E-state index in [-0.39, 0.29) is 29.8 Å². The second kappa shape index (κ2) is 13.7. The summed E-state index contributed by atoms with van der Waals surface area (Å²) in [4.78, 5) is 15.4. The number of benzene rings is 2. The quantitative estimate of drug-likeness (QED) is 0.0928. The number of nitrogens with zero attached hydrogens (tertiary/aromatic N) is 5. The maximum absolute atomic E-state index is 7.28. The van der Waals surface area contributed by atoms with Crippen LogP contribution in [0.15, 0.2) is 84.2 Å². The Bertz CT molecular complexity index is 1480. The van der Waals surface area contributed by atoms with Crippen LogP contribution < -0.4 is 10.4 Å². The lowest BCUT2D eigenvalue weighted by Crippen LogP contribution is -2.67. The molecule has 2 aromatic heterocycles. The Morgan fingerprint density at radius 1 is 1.05 bits per heavy atom. The molecule has 0 spiro atoms. The average molecular weight is 616 g/mol. The number of hydrogen-bond donors (Lipinski definition) is 0. The van der Waals surface area contributed by atoms with Gasteiger partial charge in [-0.3, -0.25) is 0 Å². The van der Waals surface area contributed by atoms with Gasteiger partial charge in [-0.15, -0.1) is 0 Å². The molecule has 0 radical (unpaired) electrons. The standard InChI is InChI=1S/C34H45N5O4Si/c1-8-40-25(2)42-29-21-31(39-20-19-28-32(37-24-38(6)7)35-23-36-33(28)39)43-30(29)22-41-44(34(3,4)5,26-15-11-9-12-16-26)27-17-13-10-14-18-27/h9-20,23-25,29-31H,8,21-22H2,1-7H3/t25?,29?,30-,31-/m1/s1. The van der Waals surface area contributed by atoms with Gasteiger partial charge in [0.25, 0.3) is 8.32 Å². The van der Waals surface area contributed by atoms with E-state index in [4.69, 9.17) is 18.6 Å². The highest BCUT2D eigenvalue weighted by molar-refractivity contribution is 6.99. The molecule has 1 aliphatic rings. The molecule has 9 nitrogen and oxygen atoms in total. The summed E-state index contributed by atoms with van der Waals surface area (Å²) in [5.41, 5.74) is 0.765. The summed E-state index contributed by atoms with van der Waals surface area (Å²) in [7, 11) is 1.08.